The van der Waals surface area contributed by atoms with Gasteiger partial charge in [0.05, 0.1) is 11.8 Å². The SMILES string of the molecule is Cc1c(Br)cccc1NC(=O)c1cncc(F)c1. The second kappa shape index (κ2) is 5.27. The molecule has 2 aromatic rings. The number of carbonyl (C=O) groups excluding carboxylic acids is 1. The zero-order chi connectivity index (χ0) is 13.1. The van der Waals surface area contributed by atoms with Crippen molar-refractivity contribution in [1.29, 1.82) is 0 Å². The summed E-state index contributed by atoms with van der Waals surface area (Å²) in [5, 5.41) is 2.72. The zero-order valence-electron chi connectivity index (χ0n) is 9.58. The lowest BCUT2D eigenvalue weighted by atomic mass is 10.2. The summed E-state index contributed by atoms with van der Waals surface area (Å²) in [6.07, 6.45) is 2.38. The first-order chi connectivity index (χ1) is 8.58. The van der Waals surface area contributed by atoms with Crippen LogP contribution < -0.4 is 5.32 Å². The van der Waals surface area contributed by atoms with Crippen molar-refractivity contribution in [2.45, 2.75) is 6.92 Å². The first-order valence-corrected chi connectivity index (χ1v) is 6.04. The highest BCUT2D eigenvalue weighted by atomic mass is 79.9. The first-order valence-electron chi connectivity index (χ1n) is 5.25. The topological polar surface area (TPSA) is 42.0 Å². The Morgan fingerprint density at radius 1 is 1.39 bits per heavy atom. The van der Waals surface area contributed by atoms with Crippen molar-refractivity contribution in [2.24, 2.45) is 0 Å². The Hall–Kier alpha value is -1.75. The van der Waals surface area contributed by atoms with E-state index in [9.17, 15) is 9.18 Å². The van der Waals surface area contributed by atoms with E-state index >= 15 is 0 Å². The van der Waals surface area contributed by atoms with Gasteiger partial charge in [0.1, 0.15) is 5.82 Å². The van der Waals surface area contributed by atoms with Crippen LogP contribution in [0.25, 0.3) is 0 Å². The van der Waals surface area contributed by atoms with E-state index < -0.39 is 5.82 Å². The highest BCUT2D eigenvalue weighted by Gasteiger charge is 2.09. The number of anilines is 1. The summed E-state index contributed by atoms with van der Waals surface area (Å²) in [7, 11) is 0. The molecule has 1 aromatic carbocycles. The highest BCUT2D eigenvalue weighted by molar-refractivity contribution is 9.10. The van der Waals surface area contributed by atoms with Gasteiger partial charge < -0.3 is 5.32 Å². The fraction of sp³-hybridized carbons (Fsp3) is 0.0769. The van der Waals surface area contributed by atoms with Gasteiger partial charge in [-0.2, -0.15) is 0 Å². The van der Waals surface area contributed by atoms with Crippen molar-refractivity contribution >= 4 is 27.5 Å². The number of nitrogens with zero attached hydrogens (tertiary/aromatic N) is 1. The van der Waals surface area contributed by atoms with E-state index in [4.69, 9.17) is 0 Å². The standard InChI is InChI=1S/C13H10BrFN2O/c1-8-11(14)3-2-4-12(8)17-13(18)9-5-10(15)7-16-6-9/h2-7H,1H3,(H,17,18). The van der Waals surface area contributed by atoms with Crippen LogP contribution in [-0.4, -0.2) is 10.9 Å². The van der Waals surface area contributed by atoms with Crippen molar-refractivity contribution < 1.29 is 9.18 Å². The first kappa shape index (κ1) is 12.7. The van der Waals surface area contributed by atoms with Crippen LogP contribution in [0.1, 0.15) is 15.9 Å². The van der Waals surface area contributed by atoms with Crippen molar-refractivity contribution in [3.63, 3.8) is 0 Å². The smallest absolute Gasteiger partial charge is 0.257 e. The van der Waals surface area contributed by atoms with Gasteiger partial charge in [0.25, 0.3) is 5.91 Å². The Morgan fingerprint density at radius 3 is 2.89 bits per heavy atom. The van der Waals surface area contributed by atoms with Crippen LogP contribution >= 0.6 is 15.9 Å². The Bertz CT molecular complexity index is 601. The highest BCUT2D eigenvalue weighted by Crippen LogP contribution is 2.23. The Morgan fingerprint density at radius 2 is 2.17 bits per heavy atom. The molecule has 1 heterocycles. The number of pyridine rings is 1. The van der Waals surface area contributed by atoms with E-state index in [-0.39, 0.29) is 11.5 Å². The summed E-state index contributed by atoms with van der Waals surface area (Å²) in [5.41, 5.74) is 1.78. The maximum Gasteiger partial charge on any atom is 0.257 e. The molecule has 0 fully saturated rings. The van der Waals surface area contributed by atoms with Gasteiger partial charge in [-0.25, -0.2) is 4.39 Å². The Balaban J connectivity index is 2.24. The van der Waals surface area contributed by atoms with Gasteiger partial charge in [0.2, 0.25) is 0 Å². The number of carbonyl (C=O) groups is 1. The molecule has 0 saturated heterocycles. The van der Waals surface area contributed by atoms with Crippen molar-refractivity contribution in [3.05, 3.63) is 58.1 Å². The lowest BCUT2D eigenvalue weighted by Crippen LogP contribution is -2.13. The summed E-state index contributed by atoms with van der Waals surface area (Å²) >= 11 is 3.38. The Labute approximate surface area is 112 Å². The van der Waals surface area contributed by atoms with Crippen LogP contribution in [0.15, 0.2) is 41.1 Å². The van der Waals surface area contributed by atoms with Crippen molar-refractivity contribution in [3.8, 4) is 0 Å². The normalized spacial score (nSPS) is 10.2. The Kier molecular flexibility index (Phi) is 3.72. The molecule has 1 aromatic heterocycles. The fourth-order valence-electron chi connectivity index (χ4n) is 1.47. The molecule has 0 aliphatic carbocycles. The average molecular weight is 309 g/mol. The summed E-state index contributed by atoms with van der Waals surface area (Å²) in [4.78, 5) is 15.5. The second-order valence-electron chi connectivity index (χ2n) is 3.76. The van der Waals surface area contributed by atoms with Crippen LogP contribution in [-0.2, 0) is 0 Å². The maximum atomic E-state index is 13.0. The number of hydrogen-bond donors (Lipinski definition) is 1. The largest absolute Gasteiger partial charge is 0.322 e. The molecule has 3 nitrogen and oxygen atoms in total. The lowest BCUT2D eigenvalue weighted by Gasteiger charge is -2.09. The third kappa shape index (κ3) is 2.73. The van der Waals surface area contributed by atoms with Crippen LogP contribution in [0.5, 0.6) is 0 Å². The summed E-state index contributed by atoms with van der Waals surface area (Å²) in [5.74, 6) is -0.920. The van der Waals surface area contributed by atoms with Gasteiger partial charge >= 0.3 is 0 Å². The maximum absolute atomic E-state index is 13.0. The van der Waals surface area contributed by atoms with Crippen LogP contribution in [0, 0.1) is 12.7 Å². The van der Waals surface area contributed by atoms with E-state index in [0.717, 1.165) is 22.3 Å². The molecular formula is C13H10BrFN2O. The molecule has 0 bridgehead atoms. The van der Waals surface area contributed by atoms with Gasteiger partial charge in [-0.3, -0.25) is 9.78 Å². The van der Waals surface area contributed by atoms with E-state index in [1.54, 1.807) is 6.07 Å². The third-order valence-electron chi connectivity index (χ3n) is 2.48. The molecule has 18 heavy (non-hydrogen) atoms. The molecule has 0 spiro atoms. The summed E-state index contributed by atoms with van der Waals surface area (Å²) < 4.78 is 13.9. The minimum absolute atomic E-state index is 0.189. The molecule has 2 rings (SSSR count). The van der Waals surface area contributed by atoms with Crippen LogP contribution in [0.3, 0.4) is 0 Å². The lowest BCUT2D eigenvalue weighted by molar-refractivity contribution is 0.102. The molecule has 0 atom stereocenters. The third-order valence-corrected chi connectivity index (χ3v) is 3.34. The number of rotatable bonds is 2. The molecule has 1 amide bonds. The molecule has 0 radical (unpaired) electrons. The van der Waals surface area contributed by atoms with E-state index in [0.29, 0.717) is 5.69 Å². The predicted molar refractivity (Wildman–Crippen MR) is 71.0 cm³/mol. The van der Waals surface area contributed by atoms with Gasteiger partial charge in [0.15, 0.2) is 0 Å². The average Bonchev–Trinajstić information content (AvgIpc) is 2.35. The number of halogens is 2. The number of hydrogen-bond acceptors (Lipinski definition) is 2. The van der Waals surface area contributed by atoms with Gasteiger partial charge in [0, 0.05) is 16.4 Å². The van der Waals surface area contributed by atoms with Crippen LogP contribution in [0.2, 0.25) is 0 Å². The van der Waals surface area contributed by atoms with E-state index in [1.807, 2.05) is 19.1 Å². The summed E-state index contributed by atoms with van der Waals surface area (Å²) in [6.45, 7) is 1.88. The zero-order valence-corrected chi connectivity index (χ0v) is 11.2. The predicted octanol–water partition coefficient (Wildman–Crippen LogP) is 3.54. The minimum Gasteiger partial charge on any atom is -0.322 e. The van der Waals surface area contributed by atoms with E-state index in [2.05, 4.69) is 26.2 Å². The number of benzene rings is 1. The van der Waals surface area contributed by atoms with Gasteiger partial charge in [-0.15, -0.1) is 0 Å². The fourth-order valence-corrected chi connectivity index (χ4v) is 1.84. The van der Waals surface area contributed by atoms with Crippen molar-refractivity contribution in [2.75, 3.05) is 5.32 Å². The molecule has 92 valence electrons. The molecular weight excluding hydrogens is 299 g/mol. The van der Waals surface area contributed by atoms with Gasteiger partial charge in [-0.05, 0) is 30.7 Å². The molecule has 5 heteroatoms. The van der Waals surface area contributed by atoms with Gasteiger partial charge in [-0.1, -0.05) is 22.0 Å². The van der Waals surface area contributed by atoms with Crippen LogP contribution in [0.4, 0.5) is 10.1 Å². The summed E-state index contributed by atoms with van der Waals surface area (Å²) in [6, 6.07) is 6.63. The van der Waals surface area contributed by atoms with Crippen molar-refractivity contribution in [1.82, 2.24) is 4.98 Å². The monoisotopic (exact) mass is 308 g/mol. The molecule has 0 aliphatic heterocycles. The number of nitrogens with one attached hydrogen (secondary N) is 1. The molecule has 1 N–H and O–H groups in total. The number of amides is 1. The molecule has 0 saturated carbocycles. The molecule has 0 unspecified atom stereocenters. The minimum atomic E-state index is -0.534. The van der Waals surface area contributed by atoms with E-state index in [1.165, 1.54) is 6.20 Å². The number of aromatic nitrogens is 1. The second-order valence-corrected chi connectivity index (χ2v) is 4.61. The molecule has 0 aliphatic rings. The quantitative estimate of drug-likeness (QED) is 0.922.